The van der Waals surface area contributed by atoms with Crippen LogP contribution in [0.3, 0.4) is 0 Å². The molecule has 0 aromatic carbocycles. The highest BCUT2D eigenvalue weighted by Gasteiger charge is 2.74. The molecule has 166 valence electrons. The largest absolute Gasteiger partial charge is 0.462 e. The first kappa shape index (κ1) is 21.6. The van der Waals surface area contributed by atoms with E-state index in [2.05, 4.69) is 19.9 Å². The first-order valence-electron chi connectivity index (χ1n) is 11.1. The Labute approximate surface area is 178 Å². The number of aliphatic hydroxyl groups excluding tert-OH is 1. The van der Waals surface area contributed by atoms with Crippen LogP contribution in [0.1, 0.15) is 66.2 Å². The zero-order valence-corrected chi connectivity index (χ0v) is 18.4. The van der Waals surface area contributed by atoms with Crippen LogP contribution in [0.25, 0.3) is 0 Å². The molecule has 4 rings (SSSR count). The summed E-state index contributed by atoms with van der Waals surface area (Å²) in [7, 11) is 0. The maximum atomic E-state index is 12.5. The van der Waals surface area contributed by atoms with E-state index in [-0.39, 0.29) is 36.0 Å². The van der Waals surface area contributed by atoms with Crippen molar-refractivity contribution in [1.29, 1.82) is 0 Å². The van der Waals surface area contributed by atoms with Crippen molar-refractivity contribution >= 4 is 11.9 Å². The molecule has 1 aliphatic heterocycles. The second kappa shape index (κ2) is 6.92. The minimum absolute atomic E-state index is 0.170. The fraction of sp³-hybridized carbons (Fsp3) is 0.750. The molecular formula is C24H34O6. The van der Waals surface area contributed by atoms with E-state index >= 15 is 0 Å². The Morgan fingerprint density at radius 3 is 2.70 bits per heavy atom. The molecule has 30 heavy (non-hydrogen) atoms. The summed E-state index contributed by atoms with van der Waals surface area (Å²) in [5, 5.41) is 23.9. The van der Waals surface area contributed by atoms with Gasteiger partial charge >= 0.3 is 11.9 Å². The van der Waals surface area contributed by atoms with Crippen LogP contribution in [0.15, 0.2) is 23.8 Å². The van der Waals surface area contributed by atoms with Gasteiger partial charge in [0.1, 0.15) is 12.7 Å². The van der Waals surface area contributed by atoms with Gasteiger partial charge in [0.25, 0.3) is 0 Å². The van der Waals surface area contributed by atoms with Gasteiger partial charge in [0.05, 0.1) is 11.7 Å². The number of carbonyl (C=O) groups excluding carboxylic acids is 2. The van der Waals surface area contributed by atoms with Crippen molar-refractivity contribution in [2.24, 2.45) is 22.2 Å². The monoisotopic (exact) mass is 418 g/mol. The summed E-state index contributed by atoms with van der Waals surface area (Å²) in [6.45, 7) is 8.03. The third-order valence-corrected chi connectivity index (χ3v) is 8.55. The van der Waals surface area contributed by atoms with Crippen molar-refractivity contribution in [3.63, 3.8) is 0 Å². The Morgan fingerprint density at radius 2 is 2.07 bits per heavy atom. The van der Waals surface area contributed by atoms with Crippen LogP contribution < -0.4 is 0 Å². The van der Waals surface area contributed by atoms with Crippen LogP contribution in [0.2, 0.25) is 0 Å². The topological polar surface area (TPSA) is 93.1 Å². The number of carbonyl (C=O) groups is 2. The highest BCUT2D eigenvalue weighted by Crippen LogP contribution is 2.71. The second-order valence-electron chi connectivity index (χ2n) is 10.7. The van der Waals surface area contributed by atoms with Crippen LogP contribution in [0.5, 0.6) is 0 Å². The number of hydrogen-bond donors (Lipinski definition) is 2. The third-order valence-electron chi connectivity index (χ3n) is 8.55. The molecule has 0 amide bonds. The summed E-state index contributed by atoms with van der Waals surface area (Å²) in [5.74, 6) is -0.832. The molecule has 6 atom stereocenters. The van der Waals surface area contributed by atoms with Crippen LogP contribution in [-0.4, -0.2) is 46.6 Å². The van der Waals surface area contributed by atoms with Crippen molar-refractivity contribution in [2.75, 3.05) is 6.61 Å². The van der Waals surface area contributed by atoms with Crippen molar-refractivity contribution < 1.29 is 29.3 Å². The summed E-state index contributed by atoms with van der Waals surface area (Å²) in [6, 6.07) is 0. The standard InChI is InChI=1S/C24H34O6/c1-15(25)30-17-13-22(4)8-5-9-23(18(26)7-10-21(2,3)20(17)23)24(22,28)11-6-16-12-19(27)29-14-16/h5,8,12,17-18,20,26,28H,6-7,9-11,13-14H2,1-4H3/t17-,18-,20+,22+,23+,24-/m1/s1. The first-order chi connectivity index (χ1) is 14.0. The van der Waals surface area contributed by atoms with E-state index in [4.69, 9.17) is 9.47 Å². The summed E-state index contributed by atoms with van der Waals surface area (Å²) < 4.78 is 10.9. The van der Waals surface area contributed by atoms with Crippen molar-refractivity contribution in [3.05, 3.63) is 23.8 Å². The van der Waals surface area contributed by atoms with Gasteiger partial charge in [-0.15, -0.1) is 0 Å². The van der Waals surface area contributed by atoms with E-state index in [9.17, 15) is 19.8 Å². The van der Waals surface area contributed by atoms with E-state index in [1.54, 1.807) is 0 Å². The molecule has 6 heteroatoms. The average molecular weight is 419 g/mol. The van der Waals surface area contributed by atoms with Gasteiger partial charge in [-0.25, -0.2) is 4.79 Å². The normalized spacial score (nSPS) is 44.1. The zero-order valence-electron chi connectivity index (χ0n) is 18.4. The third kappa shape index (κ3) is 2.90. The second-order valence-corrected chi connectivity index (χ2v) is 10.7. The highest BCUT2D eigenvalue weighted by atomic mass is 16.5. The fourth-order valence-corrected chi connectivity index (χ4v) is 7.32. The molecular weight excluding hydrogens is 384 g/mol. The lowest BCUT2D eigenvalue weighted by Crippen LogP contribution is -2.76. The van der Waals surface area contributed by atoms with Gasteiger partial charge in [-0.3, -0.25) is 4.79 Å². The number of allylic oxidation sites excluding steroid dienone is 1. The minimum Gasteiger partial charge on any atom is -0.462 e. The van der Waals surface area contributed by atoms with E-state index in [0.717, 1.165) is 12.0 Å². The predicted molar refractivity (Wildman–Crippen MR) is 110 cm³/mol. The van der Waals surface area contributed by atoms with E-state index < -0.39 is 22.5 Å². The number of hydrogen-bond acceptors (Lipinski definition) is 6. The van der Waals surface area contributed by atoms with Crippen molar-refractivity contribution in [2.45, 2.75) is 84.0 Å². The summed E-state index contributed by atoms with van der Waals surface area (Å²) in [5.41, 5.74) is -2.00. The molecule has 2 bridgehead atoms. The van der Waals surface area contributed by atoms with Gasteiger partial charge in [0, 0.05) is 29.7 Å². The molecule has 1 spiro atoms. The highest BCUT2D eigenvalue weighted by molar-refractivity contribution is 5.85. The molecule has 0 aromatic heterocycles. The Balaban J connectivity index is 1.81. The van der Waals surface area contributed by atoms with Gasteiger partial charge in [0.15, 0.2) is 0 Å². The van der Waals surface area contributed by atoms with E-state index in [0.29, 0.717) is 32.1 Å². The number of ether oxygens (including phenoxy) is 2. The van der Waals surface area contributed by atoms with Crippen molar-refractivity contribution in [3.8, 4) is 0 Å². The minimum atomic E-state index is -1.19. The van der Waals surface area contributed by atoms with Crippen LogP contribution in [-0.2, 0) is 19.1 Å². The molecule has 0 radical (unpaired) electrons. The van der Waals surface area contributed by atoms with E-state index in [1.165, 1.54) is 13.0 Å². The first-order valence-corrected chi connectivity index (χ1v) is 11.1. The lowest BCUT2D eigenvalue weighted by atomic mass is 9.36. The molecule has 0 aromatic rings. The van der Waals surface area contributed by atoms with Crippen LogP contribution >= 0.6 is 0 Å². The Hall–Kier alpha value is -1.66. The van der Waals surface area contributed by atoms with Gasteiger partial charge in [-0.05, 0) is 49.5 Å². The van der Waals surface area contributed by atoms with Gasteiger partial charge in [-0.1, -0.05) is 32.9 Å². The quantitative estimate of drug-likeness (QED) is 0.538. The van der Waals surface area contributed by atoms with Gasteiger partial charge < -0.3 is 19.7 Å². The smallest absolute Gasteiger partial charge is 0.331 e. The fourth-order valence-electron chi connectivity index (χ4n) is 7.32. The summed E-state index contributed by atoms with van der Waals surface area (Å²) in [4.78, 5) is 23.5. The van der Waals surface area contributed by atoms with Crippen molar-refractivity contribution in [1.82, 2.24) is 0 Å². The lowest BCUT2D eigenvalue weighted by molar-refractivity contribution is -0.307. The number of aliphatic hydroxyl groups is 2. The number of fused-ring (bicyclic) bond motifs is 1. The predicted octanol–water partition coefficient (Wildman–Crippen LogP) is 3.07. The SMILES string of the molecule is CC(=O)O[C@@H]1C[C@]2(C)C=CC[C@@]3([C@H](O)CCC(C)(C)[C@H]13)[C@@]2(O)CCC1=CC(=O)OC1. The summed E-state index contributed by atoms with van der Waals surface area (Å²) >= 11 is 0. The zero-order chi connectivity index (χ0) is 21.9. The molecule has 0 saturated heterocycles. The number of cyclic esters (lactones) is 1. The number of esters is 2. The molecule has 1 heterocycles. The van der Waals surface area contributed by atoms with Gasteiger partial charge in [-0.2, -0.15) is 0 Å². The number of rotatable bonds is 4. The maximum Gasteiger partial charge on any atom is 0.331 e. The van der Waals surface area contributed by atoms with Crippen LogP contribution in [0, 0.1) is 22.2 Å². The molecule has 2 N–H and O–H groups in total. The molecule has 6 nitrogen and oxygen atoms in total. The molecule has 0 unspecified atom stereocenters. The van der Waals surface area contributed by atoms with E-state index in [1.807, 2.05) is 13.0 Å². The van der Waals surface area contributed by atoms with Gasteiger partial charge in [0.2, 0.25) is 0 Å². The molecule has 4 aliphatic rings. The lowest BCUT2D eigenvalue weighted by Gasteiger charge is -2.71. The Kier molecular flexibility index (Phi) is 4.98. The molecule has 2 saturated carbocycles. The average Bonchev–Trinajstić information content (AvgIpc) is 3.04. The Bertz CT molecular complexity index is 813. The molecule has 2 fully saturated rings. The Morgan fingerprint density at radius 1 is 1.33 bits per heavy atom. The molecule has 3 aliphatic carbocycles. The summed E-state index contributed by atoms with van der Waals surface area (Å²) in [6.07, 6.45) is 8.02. The van der Waals surface area contributed by atoms with Crippen LogP contribution in [0.4, 0.5) is 0 Å². The maximum absolute atomic E-state index is 12.5.